The summed E-state index contributed by atoms with van der Waals surface area (Å²) in [6, 6.07) is 0. The maximum atomic E-state index is 11.3. The summed E-state index contributed by atoms with van der Waals surface area (Å²) in [5, 5.41) is -0.252. The van der Waals surface area contributed by atoms with Crippen molar-refractivity contribution in [3.63, 3.8) is 0 Å². The quantitative estimate of drug-likeness (QED) is 0.618. The van der Waals surface area contributed by atoms with Gasteiger partial charge in [0, 0.05) is 11.7 Å². The summed E-state index contributed by atoms with van der Waals surface area (Å²) in [6.45, 7) is 1.66. The average molecular weight is 190 g/mol. The van der Waals surface area contributed by atoms with E-state index in [1.54, 1.807) is 6.92 Å². The van der Waals surface area contributed by atoms with Gasteiger partial charge in [-0.1, -0.05) is 6.92 Å². The van der Waals surface area contributed by atoms with Gasteiger partial charge in [0.1, 0.15) is 6.29 Å². The third-order valence-electron chi connectivity index (χ3n) is 2.53. The third kappa shape index (κ3) is 1.86. The molecule has 0 spiro atoms. The van der Waals surface area contributed by atoms with Gasteiger partial charge in [-0.2, -0.15) is 0 Å². The van der Waals surface area contributed by atoms with Gasteiger partial charge >= 0.3 is 0 Å². The minimum atomic E-state index is -2.90. The minimum absolute atomic E-state index is 0.0173. The Kier molecular flexibility index (Phi) is 2.88. The maximum Gasteiger partial charge on any atom is 0.152 e. The second-order valence-electron chi connectivity index (χ2n) is 3.28. The molecule has 0 heterocycles. The van der Waals surface area contributed by atoms with Crippen LogP contribution in [0.25, 0.3) is 0 Å². The fourth-order valence-electron chi connectivity index (χ4n) is 1.66. The highest BCUT2D eigenvalue weighted by molar-refractivity contribution is 7.92. The fraction of sp³-hybridized carbons (Fsp3) is 0.875. The fourth-order valence-corrected chi connectivity index (χ4v) is 3.17. The maximum absolute atomic E-state index is 11.3. The van der Waals surface area contributed by atoms with Crippen molar-refractivity contribution < 1.29 is 13.2 Å². The van der Waals surface area contributed by atoms with Gasteiger partial charge in [0.15, 0.2) is 9.84 Å². The number of aldehydes is 1. The van der Waals surface area contributed by atoms with E-state index in [1.165, 1.54) is 0 Å². The molecule has 0 amide bonds. The van der Waals surface area contributed by atoms with Gasteiger partial charge in [-0.05, 0) is 19.3 Å². The summed E-state index contributed by atoms with van der Waals surface area (Å²) >= 11 is 0. The van der Waals surface area contributed by atoms with Crippen LogP contribution in [-0.4, -0.2) is 25.7 Å². The van der Waals surface area contributed by atoms with Crippen molar-refractivity contribution in [2.75, 3.05) is 5.75 Å². The molecule has 1 saturated carbocycles. The molecular weight excluding hydrogens is 176 g/mol. The molecule has 0 aliphatic heterocycles. The molecule has 4 heteroatoms. The zero-order chi connectivity index (χ0) is 9.19. The van der Waals surface area contributed by atoms with Gasteiger partial charge in [-0.15, -0.1) is 0 Å². The van der Waals surface area contributed by atoms with Crippen LogP contribution < -0.4 is 0 Å². The molecule has 1 rings (SSSR count). The van der Waals surface area contributed by atoms with Crippen LogP contribution in [0, 0.1) is 5.92 Å². The minimum Gasteiger partial charge on any atom is -0.303 e. The monoisotopic (exact) mass is 190 g/mol. The van der Waals surface area contributed by atoms with Crippen molar-refractivity contribution in [3.05, 3.63) is 0 Å². The van der Waals surface area contributed by atoms with E-state index in [0.29, 0.717) is 12.8 Å². The average Bonchev–Trinajstić information content (AvgIpc) is 2.52. The van der Waals surface area contributed by atoms with Crippen LogP contribution in [0.5, 0.6) is 0 Å². The number of rotatable bonds is 3. The first kappa shape index (κ1) is 9.71. The molecule has 0 aromatic rings. The van der Waals surface area contributed by atoms with Crippen molar-refractivity contribution in [3.8, 4) is 0 Å². The van der Waals surface area contributed by atoms with Crippen LogP contribution in [-0.2, 0) is 14.6 Å². The Labute approximate surface area is 73.1 Å². The Bertz CT molecular complexity index is 255. The lowest BCUT2D eigenvalue weighted by molar-refractivity contribution is -0.110. The van der Waals surface area contributed by atoms with Crippen molar-refractivity contribution in [2.24, 2.45) is 5.92 Å². The van der Waals surface area contributed by atoms with Gasteiger partial charge in [0.25, 0.3) is 0 Å². The molecule has 0 bridgehead atoms. The van der Waals surface area contributed by atoms with Gasteiger partial charge in [0.2, 0.25) is 0 Å². The van der Waals surface area contributed by atoms with Crippen molar-refractivity contribution in [1.82, 2.24) is 0 Å². The predicted molar refractivity (Wildman–Crippen MR) is 46.7 cm³/mol. The molecule has 0 saturated heterocycles. The number of sulfone groups is 1. The van der Waals surface area contributed by atoms with E-state index in [2.05, 4.69) is 0 Å². The van der Waals surface area contributed by atoms with E-state index in [1.807, 2.05) is 0 Å². The van der Waals surface area contributed by atoms with Crippen LogP contribution in [0.15, 0.2) is 0 Å². The molecule has 1 aliphatic rings. The second-order valence-corrected chi connectivity index (χ2v) is 5.85. The van der Waals surface area contributed by atoms with Crippen LogP contribution in [0.3, 0.4) is 0 Å². The Morgan fingerprint density at radius 3 is 2.50 bits per heavy atom. The first-order valence-corrected chi connectivity index (χ1v) is 5.98. The summed E-state index contributed by atoms with van der Waals surface area (Å²) in [7, 11) is -2.90. The first-order valence-electron chi connectivity index (χ1n) is 4.27. The molecule has 0 N–H and O–H groups in total. The van der Waals surface area contributed by atoms with E-state index >= 15 is 0 Å². The zero-order valence-electron chi connectivity index (χ0n) is 7.19. The lowest BCUT2D eigenvalue weighted by Gasteiger charge is -2.07. The van der Waals surface area contributed by atoms with Crippen LogP contribution >= 0.6 is 0 Å². The topological polar surface area (TPSA) is 51.2 Å². The molecule has 12 heavy (non-hydrogen) atoms. The van der Waals surface area contributed by atoms with E-state index < -0.39 is 9.84 Å². The Morgan fingerprint density at radius 2 is 2.08 bits per heavy atom. The van der Waals surface area contributed by atoms with Crippen LogP contribution in [0.1, 0.15) is 26.2 Å². The highest BCUT2D eigenvalue weighted by atomic mass is 32.2. The van der Waals surface area contributed by atoms with Crippen LogP contribution in [0.2, 0.25) is 0 Å². The summed E-state index contributed by atoms with van der Waals surface area (Å²) in [5.41, 5.74) is 0. The molecule has 0 aromatic carbocycles. The van der Waals surface area contributed by atoms with Gasteiger partial charge < -0.3 is 4.79 Å². The van der Waals surface area contributed by atoms with Gasteiger partial charge in [0.05, 0.1) is 5.25 Å². The third-order valence-corrected chi connectivity index (χ3v) is 4.78. The smallest absolute Gasteiger partial charge is 0.152 e. The van der Waals surface area contributed by atoms with Crippen molar-refractivity contribution >= 4 is 16.1 Å². The summed E-state index contributed by atoms with van der Waals surface area (Å²) < 4.78 is 22.7. The number of hydrogen-bond donors (Lipinski definition) is 0. The molecule has 2 unspecified atom stereocenters. The highest BCUT2D eigenvalue weighted by Gasteiger charge is 2.32. The normalized spacial score (nSPS) is 30.4. The molecule has 2 atom stereocenters. The standard InChI is InChI=1S/C8H14O3S/c1-2-12(10,11)8-4-3-7(5-8)6-9/h6-8H,2-5H2,1H3. The number of carbonyl (C=O) groups is 1. The Balaban J connectivity index is 2.64. The Hall–Kier alpha value is -0.380. The van der Waals surface area contributed by atoms with Crippen molar-refractivity contribution in [2.45, 2.75) is 31.4 Å². The van der Waals surface area contributed by atoms with E-state index in [9.17, 15) is 13.2 Å². The summed E-state index contributed by atoms with van der Waals surface area (Å²) in [5.74, 6) is 0.180. The SMILES string of the molecule is CCS(=O)(=O)C1CCC(C=O)C1. The second kappa shape index (κ2) is 3.56. The van der Waals surface area contributed by atoms with E-state index in [0.717, 1.165) is 12.7 Å². The number of hydrogen-bond acceptors (Lipinski definition) is 3. The molecule has 0 aromatic heterocycles. The molecule has 70 valence electrons. The van der Waals surface area contributed by atoms with Crippen molar-refractivity contribution in [1.29, 1.82) is 0 Å². The van der Waals surface area contributed by atoms with Crippen LogP contribution in [0.4, 0.5) is 0 Å². The lowest BCUT2D eigenvalue weighted by atomic mass is 10.1. The van der Waals surface area contributed by atoms with E-state index in [4.69, 9.17) is 0 Å². The largest absolute Gasteiger partial charge is 0.303 e. The first-order chi connectivity index (χ1) is 5.60. The number of carbonyl (C=O) groups excluding carboxylic acids is 1. The predicted octanol–water partition coefficient (Wildman–Crippen LogP) is 0.789. The van der Waals surface area contributed by atoms with Gasteiger partial charge in [-0.3, -0.25) is 0 Å². The summed E-state index contributed by atoms with van der Waals surface area (Å²) in [6.07, 6.45) is 2.83. The zero-order valence-corrected chi connectivity index (χ0v) is 8.01. The summed E-state index contributed by atoms with van der Waals surface area (Å²) in [4.78, 5) is 10.4. The highest BCUT2D eigenvalue weighted by Crippen LogP contribution is 2.29. The lowest BCUT2D eigenvalue weighted by Crippen LogP contribution is -2.20. The molecule has 1 fully saturated rings. The molecule has 1 aliphatic carbocycles. The van der Waals surface area contributed by atoms with Gasteiger partial charge in [-0.25, -0.2) is 8.42 Å². The molecular formula is C8H14O3S. The molecule has 0 radical (unpaired) electrons. The molecule has 3 nitrogen and oxygen atoms in total. The Morgan fingerprint density at radius 1 is 1.42 bits per heavy atom. The van der Waals surface area contributed by atoms with E-state index in [-0.39, 0.29) is 16.9 Å².